The number of hydrogen-bond donors (Lipinski definition) is 1. The van der Waals surface area contributed by atoms with E-state index in [-0.39, 0.29) is 13.2 Å². The van der Waals surface area contributed by atoms with Crippen molar-refractivity contribution in [1.82, 2.24) is 10.3 Å². The zero-order valence-electron chi connectivity index (χ0n) is 13.1. The molecule has 0 aliphatic carbocycles. The van der Waals surface area contributed by atoms with E-state index in [1.165, 1.54) is 0 Å². The number of alkyl carbamates (subject to hydrolysis) is 1. The van der Waals surface area contributed by atoms with Crippen molar-refractivity contribution >= 4 is 6.09 Å². The first-order chi connectivity index (χ1) is 11.2. The average Bonchev–Trinajstić information content (AvgIpc) is 2.58. The fraction of sp³-hybridized carbons (Fsp3) is 0.222. The van der Waals surface area contributed by atoms with Gasteiger partial charge in [-0.15, -0.1) is 0 Å². The number of aryl methyl sites for hydroxylation is 1. The third-order valence-corrected chi connectivity index (χ3v) is 3.03. The summed E-state index contributed by atoms with van der Waals surface area (Å²) in [6.45, 7) is 2.30. The van der Waals surface area contributed by atoms with Gasteiger partial charge in [0.1, 0.15) is 6.61 Å². The van der Waals surface area contributed by atoms with Gasteiger partial charge in [0.25, 0.3) is 0 Å². The van der Waals surface area contributed by atoms with E-state index >= 15 is 0 Å². The van der Waals surface area contributed by atoms with E-state index in [0.717, 1.165) is 16.8 Å². The largest absolute Gasteiger partial charge is 0.481 e. The lowest BCUT2D eigenvalue weighted by Gasteiger charge is -2.04. The number of nitrogens with zero attached hydrogens (tertiary/aromatic N) is 1. The molecule has 1 heterocycles. The van der Waals surface area contributed by atoms with Gasteiger partial charge in [-0.3, -0.25) is 0 Å². The second-order valence-corrected chi connectivity index (χ2v) is 4.70. The van der Waals surface area contributed by atoms with Crippen LogP contribution in [-0.2, 0) is 11.3 Å². The van der Waals surface area contributed by atoms with Crippen LogP contribution < -0.4 is 10.1 Å². The number of rotatable bonds is 4. The Morgan fingerprint density at radius 2 is 2.00 bits per heavy atom. The van der Waals surface area contributed by atoms with E-state index in [2.05, 4.69) is 22.1 Å². The van der Waals surface area contributed by atoms with Crippen LogP contribution in [0.15, 0.2) is 42.5 Å². The SMILES string of the molecule is COc1ccc(C#CCNC(=O)OCc2ccccc2)c(C)n1. The van der Waals surface area contributed by atoms with Crippen molar-refractivity contribution < 1.29 is 14.3 Å². The minimum atomic E-state index is -0.493. The molecule has 1 amide bonds. The number of pyridine rings is 1. The lowest BCUT2D eigenvalue weighted by molar-refractivity contribution is 0.141. The number of benzene rings is 1. The summed E-state index contributed by atoms with van der Waals surface area (Å²) in [5.41, 5.74) is 2.52. The van der Waals surface area contributed by atoms with E-state index in [0.29, 0.717) is 5.88 Å². The molecule has 0 aliphatic rings. The summed E-state index contributed by atoms with van der Waals surface area (Å²) in [5.74, 6) is 6.37. The highest BCUT2D eigenvalue weighted by Crippen LogP contribution is 2.10. The van der Waals surface area contributed by atoms with Crippen LogP contribution >= 0.6 is 0 Å². The number of carbonyl (C=O) groups excluding carboxylic acids is 1. The first-order valence-electron chi connectivity index (χ1n) is 7.14. The zero-order valence-corrected chi connectivity index (χ0v) is 13.1. The van der Waals surface area contributed by atoms with Crippen LogP contribution in [-0.4, -0.2) is 24.7 Å². The number of amides is 1. The van der Waals surface area contributed by atoms with Gasteiger partial charge in [0, 0.05) is 11.6 Å². The van der Waals surface area contributed by atoms with Gasteiger partial charge in [-0.2, -0.15) is 0 Å². The van der Waals surface area contributed by atoms with Crippen LogP contribution in [0.2, 0.25) is 0 Å². The highest BCUT2D eigenvalue weighted by atomic mass is 16.5. The highest BCUT2D eigenvalue weighted by molar-refractivity contribution is 5.67. The molecule has 0 fully saturated rings. The van der Waals surface area contributed by atoms with Crippen LogP contribution in [0.3, 0.4) is 0 Å². The van der Waals surface area contributed by atoms with Gasteiger partial charge in [-0.25, -0.2) is 9.78 Å². The molecule has 118 valence electrons. The Morgan fingerprint density at radius 3 is 2.70 bits per heavy atom. The molecule has 5 heteroatoms. The van der Waals surface area contributed by atoms with Gasteiger partial charge in [-0.1, -0.05) is 42.2 Å². The summed E-state index contributed by atoms with van der Waals surface area (Å²) in [5, 5.41) is 2.59. The second kappa shape index (κ2) is 8.44. The van der Waals surface area contributed by atoms with E-state index in [1.54, 1.807) is 13.2 Å². The molecule has 2 aromatic rings. The summed E-state index contributed by atoms with van der Waals surface area (Å²) in [6, 6.07) is 13.1. The minimum Gasteiger partial charge on any atom is -0.481 e. The number of methoxy groups -OCH3 is 1. The lowest BCUT2D eigenvalue weighted by Crippen LogP contribution is -2.24. The van der Waals surface area contributed by atoms with E-state index < -0.39 is 6.09 Å². The van der Waals surface area contributed by atoms with Crippen molar-refractivity contribution in [1.29, 1.82) is 0 Å². The Balaban J connectivity index is 1.78. The van der Waals surface area contributed by atoms with Gasteiger partial charge < -0.3 is 14.8 Å². The molecule has 5 nitrogen and oxygen atoms in total. The molecule has 0 saturated heterocycles. The number of hydrogen-bond acceptors (Lipinski definition) is 4. The number of aromatic nitrogens is 1. The third-order valence-electron chi connectivity index (χ3n) is 3.03. The minimum absolute atomic E-state index is 0.207. The van der Waals surface area contributed by atoms with E-state index in [9.17, 15) is 4.79 Å². The zero-order chi connectivity index (χ0) is 16.5. The summed E-state index contributed by atoms with van der Waals surface area (Å²) >= 11 is 0. The van der Waals surface area contributed by atoms with Crippen LogP contribution in [0.1, 0.15) is 16.8 Å². The molecule has 0 unspecified atom stereocenters. The van der Waals surface area contributed by atoms with Gasteiger partial charge in [-0.05, 0) is 18.6 Å². The van der Waals surface area contributed by atoms with Crippen molar-refractivity contribution in [2.24, 2.45) is 0 Å². The predicted octanol–water partition coefficient (Wildman–Crippen LogP) is 2.68. The quantitative estimate of drug-likeness (QED) is 0.882. The van der Waals surface area contributed by atoms with Crippen LogP contribution in [0, 0.1) is 18.8 Å². The Kier molecular flexibility index (Phi) is 6.01. The second-order valence-electron chi connectivity index (χ2n) is 4.70. The standard InChI is InChI=1S/C18H18N2O3/c1-14-16(10-11-17(20-14)22-2)9-6-12-19-18(21)23-13-15-7-4-3-5-8-15/h3-5,7-8,10-11H,12-13H2,1-2H3,(H,19,21). The molecule has 1 aromatic carbocycles. The first kappa shape index (κ1) is 16.4. The monoisotopic (exact) mass is 310 g/mol. The molecular formula is C18H18N2O3. The maximum atomic E-state index is 11.5. The summed E-state index contributed by atoms with van der Waals surface area (Å²) < 4.78 is 10.1. The normalized spacial score (nSPS) is 9.48. The molecule has 0 atom stereocenters. The van der Waals surface area contributed by atoms with Crippen molar-refractivity contribution in [2.45, 2.75) is 13.5 Å². The average molecular weight is 310 g/mol. The van der Waals surface area contributed by atoms with Gasteiger partial charge in [0.2, 0.25) is 5.88 Å². The van der Waals surface area contributed by atoms with E-state index in [1.807, 2.05) is 43.3 Å². The summed E-state index contributed by atoms with van der Waals surface area (Å²) in [6.07, 6.45) is -0.493. The topological polar surface area (TPSA) is 60.5 Å². The molecule has 0 bridgehead atoms. The van der Waals surface area contributed by atoms with Gasteiger partial charge in [0.15, 0.2) is 0 Å². The number of ether oxygens (including phenoxy) is 2. The highest BCUT2D eigenvalue weighted by Gasteiger charge is 2.01. The molecule has 1 aromatic heterocycles. The molecule has 0 spiro atoms. The lowest BCUT2D eigenvalue weighted by atomic mass is 10.2. The predicted molar refractivity (Wildman–Crippen MR) is 87.0 cm³/mol. The van der Waals surface area contributed by atoms with Crippen molar-refractivity contribution in [3.63, 3.8) is 0 Å². The molecule has 0 aliphatic heterocycles. The molecular weight excluding hydrogens is 292 g/mol. The summed E-state index contributed by atoms with van der Waals surface area (Å²) in [4.78, 5) is 15.8. The van der Waals surface area contributed by atoms with Crippen molar-refractivity contribution in [3.8, 4) is 17.7 Å². The Labute approximate surface area is 135 Å². The fourth-order valence-corrected chi connectivity index (χ4v) is 1.81. The molecule has 2 rings (SSSR count). The Bertz CT molecular complexity index is 718. The number of carbonyl (C=O) groups is 1. The maximum absolute atomic E-state index is 11.5. The van der Waals surface area contributed by atoms with E-state index in [4.69, 9.17) is 9.47 Å². The Hall–Kier alpha value is -3.00. The molecule has 23 heavy (non-hydrogen) atoms. The fourth-order valence-electron chi connectivity index (χ4n) is 1.81. The molecule has 1 N–H and O–H groups in total. The van der Waals surface area contributed by atoms with Gasteiger partial charge in [0.05, 0.1) is 19.3 Å². The van der Waals surface area contributed by atoms with Gasteiger partial charge >= 0.3 is 6.09 Å². The molecule has 0 radical (unpaired) electrons. The maximum Gasteiger partial charge on any atom is 0.408 e. The summed E-state index contributed by atoms with van der Waals surface area (Å²) in [7, 11) is 1.57. The van der Waals surface area contributed by atoms with Crippen molar-refractivity contribution in [3.05, 3.63) is 59.3 Å². The van der Waals surface area contributed by atoms with Crippen LogP contribution in [0.4, 0.5) is 4.79 Å². The first-order valence-corrected chi connectivity index (χ1v) is 7.14. The molecule has 0 saturated carbocycles. The Morgan fingerprint density at radius 1 is 1.22 bits per heavy atom. The number of nitrogens with one attached hydrogen (secondary N) is 1. The van der Waals surface area contributed by atoms with Crippen LogP contribution in [0.5, 0.6) is 5.88 Å². The van der Waals surface area contributed by atoms with Crippen molar-refractivity contribution in [2.75, 3.05) is 13.7 Å². The third kappa shape index (κ3) is 5.36. The van der Waals surface area contributed by atoms with Crippen LogP contribution in [0.25, 0.3) is 0 Å². The smallest absolute Gasteiger partial charge is 0.408 e.